The molecular formula is C26H26F3N3O4. The van der Waals surface area contributed by atoms with Gasteiger partial charge in [0.05, 0.1) is 18.7 Å². The Balaban J connectivity index is 1.50. The first-order chi connectivity index (χ1) is 17.2. The van der Waals surface area contributed by atoms with Crippen LogP contribution in [-0.4, -0.2) is 38.2 Å². The van der Waals surface area contributed by atoms with Crippen LogP contribution in [0.5, 0.6) is 5.75 Å². The molecule has 0 spiro atoms. The van der Waals surface area contributed by atoms with Gasteiger partial charge in [-0.25, -0.2) is 0 Å². The second kappa shape index (κ2) is 12.6. The summed E-state index contributed by atoms with van der Waals surface area (Å²) >= 11 is 0. The third-order valence-corrected chi connectivity index (χ3v) is 4.86. The Labute approximate surface area is 206 Å². The van der Waals surface area contributed by atoms with Crippen molar-refractivity contribution in [2.75, 3.05) is 42.3 Å². The number of ether oxygens (including phenoxy) is 2. The Hall–Kier alpha value is -4.05. The zero-order valence-corrected chi connectivity index (χ0v) is 19.5. The van der Waals surface area contributed by atoms with Crippen LogP contribution in [0.4, 0.5) is 30.2 Å². The quantitative estimate of drug-likeness (QED) is 0.305. The highest BCUT2D eigenvalue weighted by Crippen LogP contribution is 2.30. The van der Waals surface area contributed by atoms with Crippen LogP contribution < -0.4 is 20.7 Å². The Morgan fingerprint density at radius 3 is 2.28 bits per heavy atom. The number of anilines is 3. The van der Waals surface area contributed by atoms with Crippen molar-refractivity contribution < 1.29 is 32.2 Å². The van der Waals surface area contributed by atoms with E-state index in [-0.39, 0.29) is 23.7 Å². The molecule has 3 rings (SSSR count). The molecule has 0 saturated carbocycles. The number of rotatable bonds is 11. The standard InChI is InChI=1S/C26H26F3N3O4/c1-2-35-13-14-36-23-11-9-20(10-12-23)31-24(33)17-30-21-7-3-5-18(15-21)25(34)32-22-8-4-6-19(16-22)26(27,28)29/h3-12,15-16,30H,2,13-14,17H2,1H3,(H,31,33)(H,32,34). The van der Waals surface area contributed by atoms with E-state index >= 15 is 0 Å². The maximum absolute atomic E-state index is 12.9. The highest BCUT2D eigenvalue weighted by atomic mass is 19.4. The Kier molecular flexibility index (Phi) is 9.29. The summed E-state index contributed by atoms with van der Waals surface area (Å²) in [5, 5.41) is 8.13. The molecule has 2 amide bonds. The van der Waals surface area contributed by atoms with Crippen LogP contribution in [0, 0.1) is 0 Å². The lowest BCUT2D eigenvalue weighted by Gasteiger charge is -2.11. The smallest absolute Gasteiger partial charge is 0.416 e. The summed E-state index contributed by atoms with van der Waals surface area (Å²) in [5.41, 5.74) is 0.481. The van der Waals surface area contributed by atoms with E-state index in [1.165, 1.54) is 24.3 Å². The first-order valence-electron chi connectivity index (χ1n) is 11.2. The Bertz CT molecular complexity index is 1170. The monoisotopic (exact) mass is 501 g/mol. The number of alkyl halides is 3. The summed E-state index contributed by atoms with van der Waals surface area (Å²) in [6.07, 6.45) is -4.51. The van der Waals surface area contributed by atoms with E-state index in [0.717, 1.165) is 12.1 Å². The number of carbonyl (C=O) groups is 2. The third kappa shape index (κ3) is 8.31. The van der Waals surface area contributed by atoms with Gasteiger partial charge in [-0.15, -0.1) is 0 Å². The molecule has 3 aromatic carbocycles. The van der Waals surface area contributed by atoms with E-state index in [1.807, 2.05) is 6.92 Å². The number of hydrogen-bond acceptors (Lipinski definition) is 5. The zero-order chi connectivity index (χ0) is 26.0. The minimum absolute atomic E-state index is 0.0262. The fourth-order valence-corrected chi connectivity index (χ4v) is 3.13. The first kappa shape index (κ1) is 26.6. The molecular weight excluding hydrogens is 475 g/mol. The van der Waals surface area contributed by atoms with E-state index in [0.29, 0.717) is 36.9 Å². The summed E-state index contributed by atoms with van der Waals surface area (Å²) in [4.78, 5) is 24.8. The summed E-state index contributed by atoms with van der Waals surface area (Å²) in [6, 6.07) is 17.6. The first-order valence-corrected chi connectivity index (χ1v) is 11.2. The van der Waals surface area contributed by atoms with Crippen LogP contribution in [0.25, 0.3) is 0 Å². The second-order valence-electron chi connectivity index (χ2n) is 7.58. The van der Waals surface area contributed by atoms with Gasteiger partial charge in [0.15, 0.2) is 0 Å². The Morgan fingerprint density at radius 1 is 0.833 bits per heavy atom. The third-order valence-electron chi connectivity index (χ3n) is 4.86. The van der Waals surface area contributed by atoms with E-state index in [9.17, 15) is 22.8 Å². The number of amides is 2. The van der Waals surface area contributed by atoms with Crippen LogP contribution >= 0.6 is 0 Å². The molecule has 0 saturated heterocycles. The van der Waals surface area contributed by atoms with Crippen LogP contribution in [-0.2, 0) is 15.7 Å². The predicted molar refractivity (Wildman–Crippen MR) is 131 cm³/mol. The second-order valence-corrected chi connectivity index (χ2v) is 7.58. The number of nitrogens with one attached hydrogen (secondary N) is 3. The predicted octanol–water partition coefficient (Wildman–Crippen LogP) is 5.42. The van der Waals surface area contributed by atoms with Crippen molar-refractivity contribution in [1.29, 1.82) is 0 Å². The van der Waals surface area contributed by atoms with Gasteiger partial charge in [0.1, 0.15) is 12.4 Å². The number of carbonyl (C=O) groups excluding carboxylic acids is 2. The minimum atomic E-state index is -4.51. The molecule has 3 aromatic rings. The van der Waals surface area contributed by atoms with Crippen LogP contribution in [0.15, 0.2) is 72.8 Å². The van der Waals surface area contributed by atoms with Crippen molar-refractivity contribution >= 4 is 28.9 Å². The van der Waals surface area contributed by atoms with Gasteiger partial charge in [0, 0.05) is 29.2 Å². The van der Waals surface area contributed by atoms with Gasteiger partial charge in [-0.2, -0.15) is 13.2 Å². The van der Waals surface area contributed by atoms with E-state index in [1.54, 1.807) is 36.4 Å². The van der Waals surface area contributed by atoms with Gasteiger partial charge in [-0.3, -0.25) is 9.59 Å². The van der Waals surface area contributed by atoms with Crippen molar-refractivity contribution in [3.8, 4) is 5.75 Å². The van der Waals surface area contributed by atoms with Crippen molar-refractivity contribution in [2.24, 2.45) is 0 Å². The molecule has 10 heteroatoms. The molecule has 36 heavy (non-hydrogen) atoms. The summed E-state index contributed by atoms with van der Waals surface area (Å²) < 4.78 is 49.4. The molecule has 0 aliphatic carbocycles. The van der Waals surface area contributed by atoms with Crippen molar-refractivity contribution in [3.63, 3.8) is 0 Å². The summed E-state index contributed by atoms with van der Waals surface area (Å²) in [7, 11) is 0. The lowest BCUT2D eigenvalue weighted by atomic mass is 10.1. The average Bonchev–Trinajstić information content (AvgIpc) is 2.86. The molecule has 7 nitrogen and oxygen atoms in total. The summed E-state index contributed by atoms with van der Waals surface area (Å²) in [5.74, 6) is -0.226. The lowest BCUT2D eigenvalue weighted by molar-refractivity contribution is -0.137. The molecule has 0 fully saturated rings. The lowest BCUT2D eigenvalue weighted by Crippen LogP contribution is -2.22. The van der Waals surface area contributed by atoms with Crippen LogP contribution in [0.3, 0.4) is 0 Å². The van der Waals surface area contributed by atoms with Gasteiger partial charge in [0.2, 0.25) is 5.91 Å². The molecule has 3 N–H and O–H groups in total. The highest BCUT2D eigenvalue weighted by molar-refractivity contribution is 6.05. The molecule has 0 aliphatic rings. The normalized spacial score (nSPS) is 11.0. The molecule has 0 radical (unpaired) electrons. The van der Waals surface area contributed by atoms with Gasteiger partial charge in [0.25, 0.3) is 5.91 Å². The van der Waals surface area contributed by atoms with Gasteiger partial charge < -0.3 is 25.4 Å². The molecule has 0 heterocycles. The van der Waals surface area contributed by atoms with Crippen molar-refractivity contribution in [3.05, 3.63) is 83.9 Å². The zero-order valence-electron chi connectivity index (χ0n) is 19.5. The van der Waals surface area contributed by atoms with Crippen LogP contribution in [0.2, 0.25) is 0 Å². The highest BCUT2D eigenvalue weighted by Gasteiger charge is 2.30. The fourth-order valence-electron chi connectivity index (χ4n) is 3.13. The topological polar surface area (TPSA) is 88.7 Å². The fraction of sp³-hybridized carbons (Fsp3) is 0.231. The molecule has 0 aromatic heterocycles. The van der Waals surface area contributed by atoms with Crippen molar-refractivity contribution in [1.82, 2.24) is 0 Å². The van der Waals surface area contributed by atoms with Crippen LogP contribution in [0.1, 0.15) is 22.8 Å². The average molecular weight is 502 g/mol. The van der Waals surface area contributed by atoms with Gasteiger partial charge >= 0.3 is 6.18 Å². The molecule has 0 unspecified atom stereocenters. The largest absolute Gasteiger partial charge is 0.491 e. The number of hydrogen-bond donors (Lipinski definition) is 3. The minimum Gasteiger partial charge on any atom is -0.491 e. The van der Waals surface area contributed by atoms with Gasteiger partial charge in [-0.1, -0.05) is 12.1 Å². The maximum atomic E-state index is 12.9. The van der Waals surface area contributed by atoms with Crippen molar-refractivity contribution in [2.45, 2.75) is 13.1 Å². The Morgan fingerprint density at radius 2 is 1.56 bits per heavy atom. The molecule has 0 atom stereocenters. The van der Waals surface area contributed by atoms with Gasteiger partial charge in [-0.05, 0) is 67.6 Å². The molecule has 0 aliphatic heterocycles. The van der Waals surface area contributed by atoms with E-state index in [2.05, 4.69) is 16.0 Å². The molecule has 190 valence electrons. The maximum Gasteiger partial charge on any atom is 0.416 e. The number of halogens is 3. The van der Waals surface area contributed by atoms with E-state index < -0.39 is 17.6 Å². The van der Waals surface area contributed by atoms with E-state index in [4.69, 9.17) is 9.47 Å². The number of benzene rings is 3. The summed E-state index contributed by atoms with van der Waals surface area (Å²) in [6.45, 7) is 3.39. The SMILES string of the molecule is CCOCCOc1ccc(NC(=O)CNc2cccc(C(=O)Nc3cccc(C(F)(F)F)c3)c2)cc1. The molecule has 0 bridgehead atoms.